The molecule has 0 bridgehead atoms. The summed E-state index contributed by atoms with van der Waals surface area (Å²) in [6.07, 6.45) is 14.1. The lowest BCUT2D eigenvalue weighted by atomic mass is 10.1. The van der Waals surface area contributed by atoms with Crippen LogP contribution in [0, 0.1) is 0 Å². The predicted molar refractivity (Wildman–Crippen MR) is 64.9 cm³/mol. The van der Waals surface area contributed by atoms with Crippen molar-refractivity contribution in [2.24, 2.45) is 0 Å². The summed E-state index contributed by atoms with van der Waals surface area (Å²) in [5, 5.41) is 6.95. The van der Waals surface area contributed by atoms with Gasteiger partial charge in [-0.15, -0.1) is 0 Å². The summed E-state index contributed by atoms with van der Waals surface area (Å²) < 4.78 is 0. The summed E-state index contributed by atoms with van der Waals surface area (Å²) >= 11 is 0. The van der Waals surface area contributed by atoms with E-state index < -0.39 is 0 Å². The molecule has 15 heavy (non-hydrogen) atoms. The first-order chi connectivity index (χ1) is 7.43. The molecule has 0 aromatic carbocycles. The van der Waals surface area contributed by atoms with Crippen molar-refractivity contribution in [1.82, 2.24) is 10.2 Å². The maximum Gasteiger partial charge on any atom is 0.0490 e. The molecule has 0 aliphatic carbocycles. The van der Waals surface area contributed by atoms with Gasteiger partial charge >= 0.3 is 0 Å². The Morgan fingerprint density at radius 1 is 1.00 bits per heavy atom. The van der Waals surface area contributed by atoms with Gasteiger partial charge in [-0.3, -0.25) is 5.10 Å². The topological polar surface area (TPSA) is 28.7 Å². The third-order valence-corrected chi connectivity index (χ3v) is 2.86. The van der Waals surface area contributed by atoms with Gasteiger partial charge in [0.05, 0.1) is 0 Å². The third-order valence-electron chi connectivity index (χ3n) is 2.86. The van der Waals surface area contributed by atoms with Gasteiger partial charge in [0.2, 0.25) is 0 Å². The Balaban J connectivity index is 1.81. The second-order valence-corrected chi connectivity index (χ2v) is 4.31. The number of aromatic nitrogens is 2. The highest BCUT2D eigenvalue weighted by Gasteiger charge is 1.94. The van der Waals surface area contributed by atoms with Crippen LogP contribution >= 0.6 is 0 Å². The minimum absolute atomic E-state index is 1.16. The number of aromatic amines is 1. The summed E-state index contributed by atoms with van der Waals surface area (Å²) in [6.45, 7) is 2.27. The predicted octanol–water partition coefficient (Wildman–Crippen LogP) is 4.09. The number of aryl methyl sites for hydroxylation is 1. The van der Waals surface area contributed by atoms with Gasteiger partial charge in [0.15, 0.2) is 0 Å². The molecule has 1 N–H and O–H groups in total. The molecule has 1 aromatic rings. The van der Waals surface area contributed by atoms with Gasteiger partial charge in [0.25, 0.3) is 0 Å². The molecule has 1 rings (SSSR count). The minimum Gasteiger partial charge on any atom is -0.283 e. The SMILES string of the molecule is CCCCCCCCCCc1ccn[nH]1. The van der Waals surface area contributed by atoms with Crippen LogP contribution in [0.5, 0.6) is 0 Å². The second kappa shape index (κ2) is 8.51. The van der Waals surface area contributed by atoms with Crippen molar-refractivity contribution in [3.8, 4) is 0 Å². The molecule has 0 aliphatic rings. The van der Waals surface area contributed by atoms with Crippen LogP contribution in [0.15, 0.2) is 12.3 Å². The molecule has 0 spiro atoms. The molecule has 0 radical (unpaired) electrons. The maximum atomic E-state index is 3.95. The zero-order valence-corrected chi connectivity index (χ0v) is 9.97. The van der Waals surface area contributed by atoms with Crippen LogP contribution < -0.4 is 0 Å². The number of unbranched alkanes of at least 4 members (excludes halogenated alkanes) is 7. The van der Waals surface area contributed by atoms with E-state index in [1.54, 1.807) is 0 Å². The highest BCUT2D eigenvalue weighted by Crippen LogP contribution is 2.09. The second-order valence-electron chi connectivity index (χ2n) is 4.31. The Morgan fingerprint density at radius 3 is 2.27 bits per heavy atom. The van der Waals surface area contributed by atoms with Crippen molar-refractivity contribution < 1.29 is 0 Å². The molecule has 1 aromatic heterocycles. The number of hydrogen-bond donors (Lipinski definition) is 1. The molecule has 0 atom stereocenters. The maximum absolute atomic E-state index is 3.95. The molecule has 1 heterocycles. The fourth-order valence-electron chi connectivity index (χ4n) is 1.87. The summed E-state index contributed by atoms with van der Waals surface area (Å²) in [5.41, 5.74) is 1.28. The van der Waals surface area contributed by atoms with Gasteiger partial charge in [-0.2, -0.15) is 5.10 Å². The van der Waals surface area contributed by atoms with E-state index in [0.29, 0.717) is 0 Å². The van der Waals surface area contributed by atoms with Crippen LogP contribution in [0.4, 0.5) is 0 Å². The quantitative estimate of drug-likeness (QED) is 0.608. The normalized spacial score (nSPS) is 10.7. The highest BCUT2D eigenvalue weighted by atomic mass is 15.1. The van der Waals surface area contributed by atoms with E-state index in [2.05, 4.69) is 23.2 Å². The lowest BCUT2D eigenvalue weighted by molar-refractivity contribution is 0.574. The van der Waals surface area contributed by atoms with Crippen molar-refractivity contribution >= 4 is 0 Å². The average molecular weight is 208 g/mol. The molecule has 0 fully saturated rings. The fraction of sp³-hybridized carbons (Fsp3) is 0.769. The van der Waals surface area contributed by atoms with Crippen molar-refractivity contribution in [2.75, 3.05) is 0 Å². The third kappa shape index (κ3) is 6.32. The Hall–Kier alpha value is -0.790. The summed E-state index contributed by atoms with van der Waals surface area (Å²) in [7, 11) is 0. The number of hydrogen-bond acceptors (Lipinski definition) is 1. The Kier molecular flexibility index (Phi) is 6.97. The molecule has 0 saturated carbocycles. The van der Waals surface area contributed by atoms with Gasteiger partial charge in [0.1, 0.15) is 0 Å². The molecular formula is C13H24N2. The van der Waals surface area contributed by atoms with Crippen LogP contribution in [0.3, 0.4) is 0 Å². The van der Waals surface area contributed by atoms with E-state index >= 15 is 0 Å². The van der Waals surface area contributed by atoms with Crippen LogP contribution in [0.25, 0.3) is 0 Å². The smallest absolute Gasteiger partial charge is 0.0490 e. The van der Waals surface area contributed by atoms with E-state index in [4.69, 9.17) is 0 Å². The first-order valence-electron chi connectivity index (χ1n) is 6.41. The van der Waals surface area contributed by atoms with Crippen LogP contribution in [-0.2, 0) is 6.42 Å². The largest absolute Gasteiger partial charge is 0.283 e. The molecule has 2 heteroatoms. The van der Waals surface area contributed by atoms with E-state index in [1.165, 1.54) is 57.1 Å². The van der Waals surface area contributed by atoms with E-state index in [-0.39, 0.29) is 0 Å². The summed E-state index contributed by atoms with van der Waals surface area (Å²) in [4.78, 5) is 0. The zero-order chi connectivity index (χ0) is 10.8. The van der Waals surface area contributed by atoms with Crippen molar-refractivity contribution in [3.63, 3.8) is 0 Å². The monoisotopic (exact) mass is 208 g/mol. The molecule has 0 saturated heterocycles. The summed E-state index contributed by atoms with van der Waals surface area (Å²) in [5.74, 6) is 0. The van der Waals surface area contributed by atoms with Crippen LogP contribution in [0.2, 0.25) is 0 Å². The zero-order valence-electron chi connectivity index (χ0n) is 9.97. The molecule has 86 valence electrons. The molecule has 0 aliphatic heterocycles. The van der Waals surface area contributed by atoms with Crippen LogP contribution in [-0.4, -0.2) is 10.2 Å². The number of rotatable bonds is 9. The van der Waals surface area contributed by atoms with Gasteiger partial charge in [-0.05, 0) is 18.9 Å². The molecular weight excluding hydrogens is 184 g/mol. The molecule has 0 unspecified atom stereocenters. The molecule has 0 amide bonds. The van der Waals surface area contributed by atoms with E-state index in [1.807, 2.05) is 6.20 Å². The fourth-order valence-corrected chi connectivity index (χ4v) is 1.87. The van der Waals surface area contributed by atoms with E-state index in [0.717, 1.165) is 6.42 Å². The van der Waals surface area contributed by atoms with Gasteiger partial charge in [-0.25, -0.2) is 0 Å². The average Bonchev–Trinajstić information content (AvgIpc) is 2.75. The first kappa shape index (κ1) is 12.3. The lowest BCUT2D eigenvalue weighted by Crippen LogP contribution is -1.86. The van der Waals surface area contributed by atoms with Crippen LogP contribution in [0.1, 0.15) is 64.0 Å². The van der Waals surface area contributed by atoms with E-state index in [9.17, 15) is 0 Å². The summed E-state index contributed by atoms with van der Waals surface area (Å²) in [6, 6.07) is 2.07. The first-order valence-corrected chi connectivity index (χ1v) is 6.41. The highest BCUT2D eigenvalue weighted by molar-refractivity contribution is 4.96. The number of nitrogens with zero attached hydrogens (tertiary/aromatic N) is 1. The van der Waals surface area contributed by atoms with Gasteiger partial charge in [-0.1, -0.05) is 51.9 Å². The Morgan fingerprint density at radius 2 is 1.67 bits per heavy atom. The van der Waals surface area contributed by atoms with Crippen molar-refractivity contribution in [2.45, 2.75) is 64.7 Å². The van der Waals surface area contributed by atoms with Gasteiger partial charge in [0, 0.05) is 11.9 Å². The Labute approximate surface area is 93.5 Å². The lowest BCUT2D eigenvalue weighted by Gasteiger charge is -2.00. The number of H-pyrrole nitrogens is 1. The van der Waals surface area contributed by atoms with Crippen molar-refractivity contribution in [1.29, 1.82) is 0 Å². The minimum atomic E-state index is 1.16. The number of nitrogens with one attached hydrogen (secondary N) is 1. The molecule has 2 nitrogen and oxygen atoms in total. The standard InChI is InChI=1S/C13H24N2/c1-2-3-4-5-6-7-8-9-10-13-11-12-14-15-13/h11-12H,2-10H2,1H3,(H,14,15). The van der Waals surface area contributed by atoms with Crippen molar-refractivity contribution in [3.05, 3.63) is 18.0 Å². The Bertz CT molecular complexity index is 216. The van der Waals surface area contributed by atoms with Gasteiger partial charge < -0.3 is 0 Å².